The summed E-state index contributed by atoms with van der Waals surface area (Å²) in [5.74, 6) is 0.378. The molecule has 0 spiro atoms. The van der Waals surface area contributed by atoms with E-state index in [1.54, 1.807) is 0 Å². The first-order chi connectivity index (χ1) is 15.7. The van der Waals surface area contributed by atoms with Gasteiger partial charge in [0.25, 0.3) is 0 Å². The Labute approximate surface area is 190 Å². The summed E-state index contributed by atoms with van der Waals surface area (Å²) < 4.78 is 0. The molecule has 32 heavy (non-hydrogen) atoms. The maximum atomic E-state index is 13.2. The number of hydrogen-bond acceptors (Lipinski definition) is 4. The normalized spacial score (nSPS) is 18.2. The van der Waals surface area contributed by atoms with Crippen LogP contribution in [0.2, 0.25) is 0 Å². The van der Waals surface area contributed by atoms with Crippen molar-refractivity contribution in [3.63, 3.8) is 0 Å². The van der Waals surface area contributed by atoms with E-state index in [-0.39, 0.29) is 11.6 Å². The number of carbonyl (C=O) groups is 2. The van der Waals surface area contributed by atoms with Crippen LogP contribution in [0, 0.1) is 0 Å². The van der Waals surface area contributed by atoms with E-state index in [0.717, 1.165) is 58.9 Å². The molecule has 2 aliphatic rings. The lowest BCUT2D eigenvalue weighted by molar-refractivity contribution is 0.0909. The van der Waals surface area contributed by atoms with Gasteiger partial charge in [0.2, 0.25) is 0 Å². The molecule has 3 aromatic carbocycles. The molecular formula is C28H32N2O2. The number of nitrogens with zero attached hydrogens (tertiary/aromatic N) is 2. The summed E-state index contributed by atoms with van der Waals surface area (Å²) in [6.07, 6.45) is 7.26. The number of piperidine rings is 2. The van der Waals surface area contributed by atoms with E-state index in [9.17, 15) is 9.59 Å². The molecule has 4 heteroatoms. The van der Waals surface area contributed by atoms with Crippen molar-refractivity contribution >= 4 is 33.1 Å². The van der Waals surface area contributed by atoms with E-state index in [2.05, 4.69) is 34.1 Å². The molecule has 2 saturated heterocycles. The van der Waals surface area contributed by atoms with Crippen LogP contribution in [0.5, 0.6) is 0 Å². The SMILES string of the molecule is O=C(CN1CCCCC1)c1cccc2cc3c(C(=O)CN4CCCCC4)cccc3cc12. The molecule has 0 N–H and O–H groups in total. The van der Waals surface area contributed by atoms with E-state index >= 15 is 0 Å². The highest BCUT2D eigenvalue weighted by Gasteiger charge is 2.19. The number of hydrogen-bond donors (Lipinski definition) is 0. The molecule has 0 aromatic heterocycles. The Kier molecular flexibility index (Phi) is 6.33. The van der Waals surface area contributed by atoms with Crippen molar-refractivity contribution in [2.45, 2.75) is 38.5 Å². The second kappa shape index (κ2) is 9.51. The largest absolute Gasteiger partial charge is 0.296 e. The quantitative estimate of drug-likeness (QED) is 0.393. The number of fused-ring (bicyclic) bond motifs is 2. The van der Waals surface area contributed by atoms with Crippen LogP contribution in [0.4, 0.5) is 0 Å². The van der Waals surface area contributed by atoms with Gasteiger partial charge in [-0.2, -0.15) is 0 Å². The first-order valence-corrected chi connectivity index (χ1v) is 12.2. The smallest absolute Gasteiger partial charge is 0.177 e. The van der Waals surface area contributed by atoms with Gasteiger partial charge in [0.05, 0.1) is 13.1 Å². The Hall–Kier alpha value is -2.56. The lowest BCUT2D eigenvalue weighted by Gasteiger charge is -2.26. The first-order valence-electron chi connectivity index (χ1n) is 12.2. The molecule has 0 saturated carbocycles. The van der Waals surface area contributed by atoms with Gasteiger partial charge in [-0.15, -0.1) is 0 Å². The van der Waals surface area contributed by atoms with Gasteiger partial charge in [0, 0.05) is 11.1 Å². The Morgan fingerprint density at radius 3 is 1.41 bits per heavy atom. The zero-order valence-electron chi connectivity index (χ0n) is 18.8. The highest BCUT2D eigenvalue weighted by molar-refractivity contribution is 6.16. The highest BCUT2D eigenvalue weighted by Crippen LogP contribution is 2.29. The molecule has 166 valence electrons. The molecule has 4 nitrogen and oxygen atoms in total. The van der Waals surface area contributed by atoms with E-state index in [1.165, 1.54) is 38.5 Å². The average Bonchev–Trinajstić information content (AvgIpc) is 2.83. The fraction of sp³-hybridized carbons (Fsp3) is 0.429. The van der Waals surface area contributed by atoms with Crippen molar-refractivity contribution in [1.29, 1.82) is 0 Å². The Bertz CT molecular complexity index is 1050. The second-order valence-electron chi connectivity index (χ2n) is 9.43. The average molecular weight is 429 g/mol. The number of Topliss-reactive ketones (excluding diaryl/α,β-unsaturated/α-hetero) is 2. The van der Waals surface area contributed by atoms with Crippen LogP contribution >= 0.6 is 0 Å². The number of carbonyl (C=O) groups excluding carboxylic acids is 2. The highest BCUT2D eigenvalue weighted by atomic mass is 16.1. The van der Waals surface area contributed by atoms with Crippen LogP contribution in [0.3, 0.4) is 0 Å². The molecule has 0 atom stereocenters. The maximum absolute atomic E-state index is 13.2. The van der Waals surface area contributed by atoms with Crippen LogP contribution in [0.25, 0.3) is 21.5 Å². The van der Waals surface area contributed by atoms with E-state index in [1.807, 2.05) is 24.3 Å². The standard InChI is InChI=1S/C28H32N2O2/c31-27(19-29-13-3-1-4-14-29)23-11-7-9-21-18-26-22(17-25(21)23)10-8-12-24(26)28(32)20-30-15-5-2-6-16-30/h7-12,17-18H,1-6,13-16,19-20H2. The zero-order chi connectivity index (χ0) is 21.9. The fourth-order valence-corrected chi connectivity index (χ4v) is 5.35. The van der Waals surface area contributed by atoms with Crippen molar-refractivity contribution in [3.05, 3.63) is 59.7 Å². The van der Waals surface area contributed by atoms with Gasteiger partial charge in [-0.3, -0.25) is 19.4 Å². The number of benzene rings is 3. The Morgan fingerprint density at radius 2 is 1.00 bits per heavy atom. The predicted octanol–water partition coefficient (Wildman–Crippen LogP) is 5.33. The number of ketones is 2. The van der Waals surface area contributed by atoms with Gasteiger partial charge in [-0.1, -0.05) is 49.2 Å². The summed E-state index contributed by atoms with van der Waals surface area (Å²) in [4.78, 5) is 30.9. The van der Waals surface area contributed by atoms with Crippen LogP contribution in [-0.4, -0.2) is 60.6 Å². The molecule has 2 fully saturated rings. The molecule has 0 radical (unpaired) electrons. The lowest BCUT2D eigenvalue weighted by atomic mass is 9.94. The van der Waals surface area contributed by atoms with Gasteiger partial charge < -0.3 is 0 Å². The van der Waals surface area contributed by atoms with Crippen molar-refractivity contribution < 1.29 is 9.59 Å². The molecule has 0 unspecified atom stereocenters. The van der Waals surface area contributed by atoms with E-state index < -0.39 is 0 Å². The van der Waals surface area contributed by atoms with Gasteiger partial charge in [0.15, 0.2) is 11.6 Å². The van der Waals surface area contributed by atoms with Crippen LogP contribution < -0.4 is 0 Å². The monoisotopic (exact) mass is 428 g/mol. The lowest BCUT2D eigenvalue weighted by Crippen LogP contribution is -2.34. The van der Waals surface area contributed by atoms with E-state index in [0.29, 0.717) is 13.1 Å². The number of likely N-dealkylation sites (tertiary alicyclic amines) is 2. The summed E-state index contributed by atoms with van der Waals surface area (Å²) in [6, 6.07) is 16.2. The van der Waals surface area contributed by atoms with Crippen molar-refractivity contribution in [1.82, 2.24) is 9.80 Å². The zero-order valence-corrected chi connectivity index (χ0v) is 18.8. The molecule has 2 heterocycles. The summed E-state index contributed by atoms with van der Waals surface area (Å²) in [7, 11) is 0. The summed E-state index contributed by atoms with van der Waals surface area (Å²) >= 11 is 0. The Balaban J connectivity index is 1.46. The molecule has 5 rings (SSSR count). The fourth-order valence-electron chi connectivity index (χ4n) is 5.35. The van der Waals surface area contributed by atoms with Crippen molar-refractivity contribution in [3.8, 4) is 0 Å². The first kappa shape index (κ1) is 21.3. The number of rotatable bonds is 6. The maximum Gasteiger partial charge on any atom is 0.177 e. The summed E-state index contributed by atoms with van der Waals surface area (Å²) in [5.41, 5.74) is 1.58. The summed E-state index contributed by atoms with van der Waals surface area (Å²) in [6.45, 7) is 5.05. The van der Waals surface area contributed by atoms with Crippen LogP contribution in [0.1, 0.15) is 59.2 Å². The third kappa shape index (κ3) is 4.48. The molecule has 0 aliphatic carbocycles. The molecule has 2 aliphatic heterocycles. The second-order valence-corrected chi connectivity index (χ2v) is 9.43. The van der Waals surface area contributed by atoms with E-state index in [4.69, 9.17) is 0 Å². The minimum absolute atomic E-state index is 0.189. The molecule has 3 aromatic rings. The third-order valence-corrected chi connectivity index (χ3v) is 7.11. The van der Waals surface area contributed by atoms with Gasteiger partial charge in [-0.25, -0.2) is 0 Å². The molecular weight excluding hydrogens is 396 g/mol. The van der Waals surface area contributed by atoms with Gasteiger partial charge in [-0.05, 0) is 85.5 Å². The Morgan fingerprint density at radius 1 is 0.594 bits per heavy atom. The predicted molar refractivity (Wildman–Crippen MR) is 131 cm³/mol. The molecule has 0 amide bonds. The van der Waals surface area contributed by atoms with Crippen molar-refractivity contribution in [2.75, 3.05) is 39.3 Å². The molecule has 0 bridgehead atoms. The van der Waals surface area contributed by atoms with Crippen LogP contribution in [-0.2, 0) is 0 Å². The van der Waals surface area contributed by atoms with Crippen molar-refractivity contribution in [2.24, 2.45) is 0 Å². The third-order valence-electron chi connectivity index (χ3n) is 7.11. The van der Waals surface area contributed by atoms with Gasteiger partial charge in [0.1, 0.15) is 0 Å². The minimum Gasteiger partial charge on any atom is -0.296 e. The summed E-state index contributed by atoms with van der Waals surface area (Å²) in [5, 5.41) is 4.03. The van der Waals surface area contributed by atoms with Gasteiger partial charge >= 0.3 is 0 Å². The topological polar surface area (TPSA) is 40.6 Å². The van der Waals surface area contributed by atoms with Crippen LogP contribution in [0.15, 0.2) is 48.5 Å². The minimum atomic E-state index is 0.189.